The molecule has 26 heavy (non-hydrogen) atoms. The van der Waals surface area contributed by atoms with Crippen LogP contribution in [-0.2, 0) is 4.79 Å². The fraction of sp³-hybridized carbons (Fsp3) is 0.222. The van der Waals surface area contributed by atoms with Crippen LogP contribution < -0.4 is 10.6 Å². The normalized spacial score (nSPS) is 11.7. The van der Waals surface area contributed by atoms with Gasteiger partial charge < -0.3 is 10.6 Å². The molecule has 2 amide bonds. The number of hydrogen-bond donors (Lipinski definition) is 2. The molecule has 136 valence electrons. The summed E-state index contributed by atoms with van der Waals surface area (Å²) in [4.78, 5) is 35.3. The molecule has 2 aromatic rings. The van der Waals surface area contributed by atoms with E-state index in [2.05, 4.69) is 10.6 Å². The lowest BCUT2D eigenvalue weighted by molar-refractivity contribution is -0.384. The highest BCUT2D eigenvalue weighted by Gasteiger charge is 2.25. The van der Waals surface area contributed by atoms with E-state index in [1.165, 1.54) is 24.3 Å². The van der Waals surface area contributed by atoms with Crippen molar-refractivity contribution < 1.29 is 14.5 Å². The summed E-state index contributed by atoms with van der Waals surface area (Å²) in [5, 5.41) is 16.4. The predicted molar refractivity (Wildman–Crippen MR) is 99.3 cm³/mol. The molecule has 0 aliphatic carbocycles. The molecule has 1 atom stereocenters. The van der Waals surface area contributed by atoms with Gasteiger partial charge in [0, 0.05) is 17.8 Å². The van der Waals surface area contributed by atoms with Gasteiger partial charge in [-0.1, -0.05) is 43.6 Å². The van der Waals surface area contributed by atoms with Crippen molar-refractivity contribution >= 4 is 34.8 Å². The number of non-ortho nitro benzene ring substituents is 1. The van der Waals surface area contributed by atoms with Crippen molar-refractivity contribution in [1.29, 1.82) is 0 Å². The van der Waals surface area contributed by atoms with Gasteiger partial charge in [0.25, 0.3) is 11.6 Å². The SMILES string of the molecule is CC(C)[C@H](NC(=O)c1ccccc1Cl)C(=O)Nc1cccc([N+](=O)[O-])c1. The maximum Gasteiger partial charge on any atom is 0.271 e. The molecule has 2 aromatic carbocycles. The van der Waals surface area contributed by atoms with Crippen LogP contribution in [0, 0.1) is 16.0 Å². The van der Waals surface area contributed by atoms with Gasteiger partial charge >= 0.3 is 0 Å². The molecule has 0 spiro atoms. The van der Waals surface area contributed by atoms with Gasteiger partial charge in [-0.25, -0.2) is 0 Å². The molecule has 7 nitrogen and oxygen atoms in total. The van der Waals surface area contributed by atoms with Crippen molar-refractivity contribution in [2.24, 2.45) is 5.92 Å². The molecule has 0 fully saturated rings. The smallest absolute Gasteiger partial charge is 0.271 e. The fourth-order valence-corrected chi connectivity index (χ4v) is 2.54. The Bertz CT molecular complexity index is 839. The van der Waals surface area contributed by atoms with Gasteiger partial charge in [-0.3, -0.25) is 19.7 Å². The van der Waals surface area contributed by atoms with E-state index in [1.54, 1.807) is 38.1 Å². The first-order valence-corrected chi connectivity index (χ1v) is 8.28. The van der Waals surface area contributed by atoms with Gasteiger partial charge in [0.1, 0.15) is 6.04 Å². The monoisotopic (exact) mass is 375 g/mol. The molecular formula is C18H18ClN3O4. The van der Waals surface area contributed by atoms with Crippen LogP contribution in [0.1, 0.15) is 24.2 Å². The van der Waals surface area contributed by atoms with E-state index in [4.69, 9.17) is 11.6 Å². The highest BCUT2D eigenvalue weighted by molar-refractivity contribution is 6.33. The summed E-state index contributed by atoms with van der Waals surface area (Å²) in [6.45, 7) is 3.56. The molecule has 0 aliphatic heterocycles. The first-order valence-electron chi connectivity index (χ1n) is 7.90. The largest absolute Gasteiger partial charge is 0.340 e. The molecule has 0 saturated carbocycles. The lowest BCUT2D eigenvalue weighted by Gasteiger charge is -2.22. The number of amides is 2. The number of carbonyl (C=O) groups is 2. The van der Waals surface area contributed by atoms with Gasteiger partial charge in [0.15, 0.2) is 0 Å². The standard InChI is InChI=1S/C18H18ClN3O4/c1-11(2)16(21-17(23)14-8-3-4-9-15(14)19)18(24)20-12-6-5-7-13(10-12)22(25)26/h3-11,16H,1-2H3,(H,20,24)(H,21,23)/t16-/m0/s1. The van der Waals surface area contributed by atoms with Crippen LogP contribution in [0.15, 0.2) is 48.5 Å². The summed E-state index contributed by atoms with van der Waals surface area (Å²) in [6.07, 6.45) is 0. The van der Waals surface area contributed by atoms with Crippen molar-refractivity contribution in [1.82, 2.24) is 5.32 Å². The van der Waals surface area contributed by atoms with Crippen molar-refractivity contribution in [2.75, 3.05) is 5.32 Å². The second-order valence-corrected chi connectivity index (χ2v) is 6.38. The zero-order valence-electron chi connectivity index (χ0n) is 14.2. The number of nitrogens with zero attached hydrogens (tertiary/aromatic N) is 1. The van der Waals surface area contributed by atoms with Crippen molar-refractivity contribution in [3.63, 3.8) is 0 Å². The second-order valence-electron chi connectivity index (χ2n) is 5.97. The highest BCUT2D eigenvalue weighted by Crippen LogP contribution is 2.19. The Morgan fingerprint density at radius 2 is 1.81 bits per heavy atom. The molecule has 0 heterocycles. The number of carbonyl (C=O) groups excluding carboxylic acids is 2. The van der Waals surface area contributed by atoms with Gasteiger partial charge in [0.2, 0.25) is 5.91 Å². The maximum absolute atomic E-state index is 12.6. The Morgan fingerprint density at radius 3 is 2.42 bits per heavy atom. The number of nitro groups is 1. The van der Waals surface area contributed by atoms with Crippen LogP contribution in [0.5, 0.6) is 0 Å². The van der Waals surface area contributed by atoms with E-state index in [-0.39, 0.29) is 27.9 Å². The third kappa shape index (κ3) is 4.80. The second kappa shape index (κ2) is 8.44. The highest BCUT2D eigenvalue weighted by atomic mass is 35.5. The zero-order chi connectivity index (χ0) is 19.3. The molecule has 2 rings (SSSR count). The lowest BCUT2D eigenvalue weighted by atomic mass is 10.0. The Hall–Kier alpha value is -2.93. The van der Waals surface area contributed by atoms with Crippen molar-refractivity contribution in [3.8, 4) is 0 Å². The van der Waals surface area contributed by atoms with E-state index >= 15 is 0 Å². The van der Waals surface area contributed by atoms with Crippen LogP contribution in [0.25, 0.3) is 0 Å². The molecule has 0 unspecified atom stereocenters. The fourth-order valence-electron chi connectivity index (χ4n) is 2.32. The van der Waals surface area contributed by atoms with Gasteiger partial charge in [-0.2, -0.15) is 0 Å². The van der Waals surface area contributed by atoms with Gasteiger partial charge in [-0.15, -0.1) is 0 Å². The van der Waals surface area contributed by atoms with Crippen LogP contribution in [-0.4, -0.2) is 22.8 Å². The van der Waals surface area contributed by atoms with Gasteiger partial charge in [0.05, 0.1) is 15.5 Å². The lowest BCUT2D eigenvalue weighted by Crippen LogP contribution is -2.47. The summed E-state index contributed by atoms with van der Waals surface area (Å²) in [6, 6.07) is 11.3. The summed E-state index contributed by atoms with van der Waals surface area (Å²) in [7, 11) is 0. The van der Waals surface area contributed by atoms with Crippen LogP contribution in [0.4, 0.5) is 11.4 Å². The Labute approximate surface area is 155 Å². The van der Waals surface area contributed by atoms with E-state index in [0.29, 0.717) is 0 Å². The first kappa shape index (κ1) is 19.4. The van der Waals surface area contributed by atoms with Crippen LogP contribution >= 0.6 is 11.6 Å². The third-order valence-electron chi connectivity index (χ3n) is 3.68. The zero-order valence-corrected chi connectivity index (χ0v) is 15.0. The molecule has 0 aromatic heterocycles. The number of rotatable bonds is 6. The molecular weight excluding hydrogens is 358 g/mol. The maximum atomic E-state index is 12.6. The Kier molecular flexibility index (Phi) is 6.30. The molecule has 0 radical (unpaired) electrons. The quantitative estimate of drug-likeness (QED) is 0.594. The molecule has 2 N–H and O–H groups in total. The number of hydrogen-bond acceptors (Lipinski definition) is 4. The third-order valence-corrected chi connectivity index (χ3v) is 4.01. The van der Waals surface area contributed by atoms with Crippen molar-refractivity contribution in [2.45, 2.75) is 19.9 Å². The minimum atomic E-state index is -0.835. The average Bonchev–Trinajstić information content (AvgIpc) is 2.59. The van der Waals surface area contributed by atoms with Crippen molar-refractivity contribution in [3.05, 3.63) is 69.2 Å². The molecule has 0 saturated heterocycles. The predicted octanol–water partition coefficient (Wildman–Crippen LogP) is 3.64. The number of nitrogens with one attached hydrogen (secondary N) is 2. The van der Waals surface area contributed by atoms with E-state index in [0.717, 1.165) is 0 Å². The topological polar surface area (TPSA) is 101 Å². The number of nitro benzene ring substituents is 1. The minimum Gasteiger partial charge on any atom is -0.340 e. The Balaban J connectivity index is 2.15. The van der Waals surface area contributed by atoms with E-state index in [9.17, 15) is 19.7 Å². The Morgan fingerprint density at radius 1 is 1.12 bits per heavy atom. The van der Waals surface area contributed by atoms with Crippen LogP contribution in [0.2, 0.25) is 5.02 Å². The minimum absolute atomic E-state index is 0.135. The first-order chi connectivity index (χ1) is 12.3. The van der Waals surface area contributed by atoms with Crippen LogP contribution in [0.3, 0.4) is 0 Å². The summed E-state index contributed by atoms with van der Waals surface area (Å²) in [5.41, 5.74) is 0.411. The summed E-state index contributed by atoms with van der Waals surface area (Å²) in [5.74, 6) is -1.15. The summed E-state index contributed by atoms with van der Waals surface area (Å²) < 4.78 is 0. The molecule has 8 heteroatoms. The molecule has 0 bridgehead atoms. The number of halogens is 1. The number of benzene rings is 2. The molecule has 0 aliphatic rings. The average molecular weight is 376 g/mol. The summed E-state index contributed by atoms with van der Waals surface area (Å²) >= 11 is 6.01. The van der Waals surface area contributed by atoms with E-state index in [1.807, 2.05) is 0 Å². The van der Waals surface area contributed by atoms with E-state index < -0.39 is 22.8 Å². The van der Waals surface area contributed by atoms with Gasteiger partial charge in [-0.05, 0) is 24.1 Å². The number of anilines is 1.